The monoisotopic (exact) mass is 296 g/mol. The highest BCUT2D eigenvalue weighted by molar-refractivity contribution is 6.03. The third kappa shape index (κ3) is 2.13. The molecule has 0 unspecified atom stereocenters. The summed E-state index contributed by atoms with van der Waals surface area (Å²) in [6.07, 6.45) is 0. The number of ketones is 1. The maximum absolute atomic E-state index is 12.6. The van der Waals surface area contributed by atoms with Gasteiger partial charge in [-0.3, -0.25) is 9.59 Å². The third-order valence-electron chi connectivity index (χ3n) is 3.35. The van der Waals surface area contributed by atoms with Crippen molar-refractivity contribution in [1.29, 1.82) is 0 Å². The van der Waals surface area contributed by atoms with Crippen molar-refractivity contribution in [2.45, 2.75) is 6.92 Å². The zero-order valence-electron chi connectivity index (χ0n) is 11.7. The smallest absolute Gasteiger partial charge is 0.207 e. The van der Waals surface area contributed by atoms with Gasteiger partial charge in [-0.05, 0) is 6.92 Å². The molecule has 0 bridgehead atoms. The molecule has 3 rings (SSSR count). The number of carbonyl (C=O) groups excluding carboxylic acids is 1. The number of phenolic OH excluding ortho intramolecular Hbond substituents is 2. The fourth-order valence-electron chi connectivity index (χ4n) is 2.40. The predicted octanol–water partition coefficient (Wildman–Crippen LogP) is 3.07. The van der Waals surface area contributed by atoms with Crippen LogP contribution in [0.5, 0.6) is 11.5 Å². The Morgan fingerprint density at radius 2 is 1.77 bits per heavy atom. The van der Waals surface area contributed by atoms with Crippen LogP contribution in [0, 0.1) is 0 Å². The van der Waals surface area contributed by atoms with E-state index in [1.807, 2.05) is 0 Å². The van der Waals surface area contributed by atoms with Crippen molar-refractivity contribution in [2.75, 3.05) is 0 Å². The van der Waals surface area contributed by atoms with Crippen molar-refractivity contribution >= 4 is 16.8 Å². The highest BCUT2D eigenvalue weighted by atomic mass is 16.3. The Hall–Kier alpha value is -3.08. The van der Waals surface area contributed by atoms with E-state index in [1.165, 1.54) is 13.0 Å². The number of rotatable bonds is 2. The molecule has 22 heavy (non-hydrogen) atoms. The van der Waals surface area contributed by atoms with Crippen molar-refractivity contribution in [3.05, 3.63) is 58.3 Å². The van der Waals surface area contributed by atoms with Crippen LogP contribution in [0.3, 0.4) is 0 Å². The van der Waals surface area contributed by atoms with E-state index in [1.54, 1.807) is 30.3 Å². The van der Waals surface area contributed by atoms with Gasteiger partial charge in [0.25, 0.3) is 0 Å². The molecule has 5 nitrogen and oxygen atoms in total. The van der Waals surface area contributed by atoms with Crippen LogP contribution < -0.4 is 5.43 Å². The summed E-state index contributed by atoms with van der Waals surface area (Å²) in [6.45, 7) is 1.27. The maximum atomic E-state index is 12.6. The van der Waals surface area contributed by atoms with Gasteiger partial charge >= 0.3 is 0 Å². The lowest BCUT2D eigenvalue weighted by atomic mass is 10.0. The summed E-state index contributed by atoms with van der Waals surface area (Å²) >= 11 is 0. The van der Waals surface area contributed by atoms with Gasteiger partial charge in [0.2, 0.25) is 5.43 Å². The van der Waals surface area contributed by atoms with Crippen LogP contribution in [0.4, 0.5) is 0 Å². The Morgan fingerprint density at radius 1 is 1.09 bits per heavy atom. The molecule has 1 heterocycles. The summed E-state index contributed by atoms with van der Waals surface area (Å²) in [5.74, 6) is -0.994. The molecule has 0 aliphatic rings. The summed E-state index contributed by atoms with van der Waals surface area (Å²) in [4.78, 5) is 24.5. The van der Waals surface area contributed by atoms with Crippen LogP contribution >= 0.6 is 0 Å². The van der Waals surface area contributed by atoms with E-state index in [0.29, 0.717) is 5.56 Å². The van der Waals surface area contributed by atoms with E-state index in [4.69, 9.17) is 4.42 Å². The first-order chi connectivity index (χ1) is 10.5. The fourth-order valence-corrected chi connectivity index (χ4v) is 2.40. The molecule has 0 spiro atoms. The molecule has 1 aromatic heterocycles. The molecule has 0 aliphatic carbocycles. The Bertz CT molecular complexity index is 939. The molecule has 0 radical (unpaired) electrons. The standard InChI is InChI=1S/C17H12O5/c1-9(18)14-16(21)15-12(20)7-11(19)8-13(15)22-17(14)10-5-3-2-4-6-10/h2-8,19-20H,1H3. The van der Waals surface area contributed by atoms with Crippen molar-refractivity contribution in [1.82, 2.24) is 0 Å². The zero-order valence-corrected chi connectivity index (χ0v) is 11.7. The number of hydrogen-bond acceptors (Lipinski definition) is 5. The highest BCUT2D eigenvalue weighted by Gasteiger charge is 2.21. The highest BCUT2D eigenvalue weighted by Crippen LogP contribution is 2.32. The first-order valence-electron chi connectivity index (χ1n) is 6.58. The molecule has 0 fully saturated rings. The second-order valence-corrected chi connectivity index (χ2v) is 4.90. The summed E-state index contributed by atoms with van der Waals surface area (Å²) in [5, 5.41) is 19.3. The molecule has 5 heteroatoms. The van der Waals surface area contributed by atoms with Gasteiger partial charge in [-0.1, -0.05) is 30.3 Å². The lowest BCUT2D eigenvalue weighted by Gasteiger charge is -2.09. The second kappa shape index (κ2) is 5.04. The molecule has 0 atom stereocenters. The van der Waals surface area contributed by atoms with Gasteiger partial charge in [0.15, 0.2) is 5.78 Å². The van der Waals surface area contributed by atoms with Gasteiger partial charge in [0.1, 0.15) is 33.8 Å². The average Bonchev–Trinajstić information content (AvgIpc) is 2.46. The molecule has 0 aliphatic heterocycles. The SMILES string of the molecule is CC(=O)c1c(-c2ccccc2)oc2cc(O)cc(O)c2c1=O. The molecule has 0 saturated heterocycles. The summed E-state index contributed by atoms with van der Waals surface area (Å²) in [6, 6.07) is 11.0. The van der Waals surface area contributed by atoms with Gasteiger partial charge in [-0.2, -0.15) is 0 Å². The van der Waals surface area contributed by atoms with Crippen LogP contribution in [0.2, 0.25) is 0 Å². The number of fused-ring (bicyclic) bond motifs is 1. The van der Waals surface area contributed by atoms with E-state index in [9.17, 15) is 19.8 Å². The first-order valence-corrected chi connectivity index (χ1v) is 6.58. The minimum Gasteiger partial charge on any atom is -0.508 e. The minimum atomic E-state index is -0.620. The van der Waals surface area contributed by atoms with Gasteiger partial charge < -0.3 is 14.6 Å². The van der Waals surface area contributed by atoms with E-state index >= 15 is 0 Å². The molecule has 2 aromatic carbocycles. The number of Topliss-reactive ketones (excluding diaryl/α,β-unsaturated/α-hetero) is 1. The van der Waals surface area contributed by atoms with Crippen molar-refractivity contribution in [2.24, 2.45) is 0 Å². The lowest BCUT2D eigenvalue weighted by molar-refractivity contribution is 0.101. The quantitative estimate of drug-likeness (QED) is 0.709. The number of hydrogen-bond donors (Lipinski definition) is 2. The third-order valence-corrected chi connectivity index (χ3v) is 3.35. The Labute approximate surface area is 125 Å². The van der Waals surface area contributed by atoms with Gasteiger partial charge in [0, 0.05) is 17.7 Å². The molecule has 0 saturated carbocycles. The van der Waals surface area contributed by atoms with Gasteiger partial charge in [-0.25, -0.2) is 0 Å². The van der Waals surface area contributed by atoms with E-state index in [0.717, 1.165) is 6.07 Å². The lowest BCUT2D eigenvalue weighted by Crippen LogP contribution is -2.15. The summed E-state index contributed by atoms with van der Waals surface area (Å²) in [7, 11) is 0. The van der Waals surface area contributed by atoms with Crippen LogP contribution in [-0.2, 0) is 0 Å². The molecule has 3 aromatic rings. The zero-order chi connectivity index (χ0) is 15.9. The fraction of sp³-hybridized carbons (Fsp3) is 0.0588. The van der Waals surface area contributed by atoms with E-state index < -0.39 is 17.0 Å². The van der Waals surface area contributed by atoms with E-state index in [2.05, 4.69) is 0 Å². The van der Waals surface area contributed by atoms with Crippen LogP contribution in [-0.4, -0.2) is 16.0 Å². The summed E-state index contributed by atoms with van der Waals surface area (Å²) < 4.78 is 5.64. The van der Waals surface area contributed by atoms with Gasteiger partial charge in [-0.15, -0.1) is 0 Å². The van der Waals surface area contributed by atoms with E-state index in [-0.39, 0.29) is 28.0 Å². The van der Waals surface area contributed by atoms with Crippen molar-refractivity contribution < 1.29 is 19.4 Å². The molecule has 2 N–H and O–H groups in total. The second-order valence-electron chi connectivity index (χ2n) is 4.90. The predicted molar refractivity (Wildman–Crippen MR) is 81.3 cm³/mol. The summed E-state index contributed by atoms with van der Waals surface area (Å²) in [5.41, 5.74) is -0.161. The molecular formula is C17H12O5. The average molecular weight is 296 g/mol. The topological polar surface area (TPSA) is 87.7 Å². The Kier molecular flexibility index (Phi) is 3.18. The van der Waals surface area contributed by atoms with Crippen LogP contribution in [0.15, 0.2) is 51.7 Å². The van der Waals surface area contributed by atoms with Crippen molar-refractivity contribution in [3.8, 4) is 22.8 Å². The molecule has 110 valence electrons. The first kappa shape index (κ1) is 13.9. The van der Waals surface area contributed by atoms with Gasteiger partial charge in [0.05, 0.1) is 0 Å². The number of aromatic hydroxyl groups is 2. The molecular weight excluding hydrogens is 284 g/mol. The number of carbonyl (C=O) groups is 1. The van der Waals surface area contributed by atoms with Crippen molar-refractivity contribution in [3.63, 3.8) is 0 Å². The molecule has 0 amide bonds. The van der Waals surface area contributed by atoms with Crippen LogP contribution in [0.25, 0.3) is 22.3 Å². The van der Waals surface area contributed by atoms with Crippen LogP contribution in [0.1, 0.15) is 17.3 Å². The maximum Gasteiger partial charge on any atom is 0.207 e. The normalized spacial score (nSPS) is 10.8. The Balaban J connectivity index is 2.49. The minimum absolute atomic E-state index is 0.0198. The number of benzene rings is 2. The number of phenols is 2. The Morgan fingerprint density at radius 3 is 2.41 bits per heavy atom. The largest absolute Gasteiger partial charge is 0.508 e.